The molecule has 0 radical (unpaired) electrons. The molecule has 1 aliphatic heterocycles. The van der Waals surface area contributed by atoms with Crippen LogP contribution < -0.4 is 11.1 Å². The molecule has 3 heteroatoms. The van der Waals surface area contributed by atoms with Crippen molar-refractivity contribution in [2.75, 3.05) is 12.3 Å². The number of nitrogens with one attached hydrogen (secondary N) is 1. The topological polar surface area (TPSA) is 47.3 Å². The number of rotatable bonds is 3. The zero-order valence-corrected chi connectivity index (χ0v) is 9.99. The van der Waals surface area contributed by atoms with Crippen LogP contribution in [-0.4, -0.2) is 18.2 Å². The molecular formula is C13H20N2O. The second-order valence-electron chi connectivity index (χ2n) is 4.78. The molecule has 3 N–H and O–H groups in total. The highest BCUT2D eigenvalue weighted by atomic mass is 16.5. The molecule has 0 bridgehead atoms. The SMILES string of the molecule is CC1OCCC1(C)NCc1cccc(N)c1. The number of nitrogen functional groups attached to an aromatic ring is 1. The van der Waals surface area contributed by atoms with Crippen LogP contribution in [0.1, 0.15) is 25.8 Å². The Kier molecular flexibility index (Phi) is 3.17. The summed E-state index contributed by atoms with van der Waals surface area (Å²) in [5.74, 6) is 0. The van der Waals surface area contributed by atoms with Gasteiger partial charge in [0.1, 0.15) is 0 Å². The predicted molar refractivity (Wildman–Crippen MR) is 66.1 cm³/mol. The van der Waals surface area contributed by atoms with Crippen LogP contribution in [0, 0.1) is 0 Å². The molecule has 1 aromatic carbocycles. The third-order valence-electron chi connectivity index (χ3n) is 3.53. The fourth-order valence-corrected chi connectivity index (χ4v) is 2.07. The number of hydrogen-bond acceptors (Lipinski definition) is 3. The number of hydrogen-bond donors (Lipinski definition) is 2. The summed E-state index contributed by atoms with van der Waals surface area (Å²) in [7, 11) is 0. The van der Waals surface area contributed by atoms with Crippen molar-refractivity contribution in [3.63, 3.8) is 0 Å². The van der Waals surface area contributed by atoms with Crippen molar-refractivity contribution in [3.8, 4) is 0 Å². The summed E-state index contributed by atoms with van der Waals surface area (Å²) in [6, 6.07) is 8.00. The van der Waals surface area contributed by atoms with E-state index < -0.39 is 0 Å². The number of anilines is 1. The van der Waals surface area contributed by atoms with Gasteiger partial charge in [0.15, 0.2) is 0 Å². The first-order valence-corrected chi connectivity index (χ1v) is 5.81. The van der Waals surface area contributed by atoms with Crippen molar-refractivity contribution in [2.45, 2.75) is 38.5 Å². The molecule has 0 aromatic heterocycles. The van der Waals surface area contributed by atoms with Gasteiger partial charge in [-0.1, -0.05) is 12.1 Å². The first-order valence-electron chi connectivity index (χ1n) is 5.81. The first-order chi connectivity index (χ1) is 7.60. The Bertz CT molecular complexity index is 367. The standard InChI is InChI=1S/C13H20N2O/c1-10-13(2,6-7-16-10)15-9-11-4-3-5-12(14)8-11/h3-5,8,10,15H,6-7,9,14H2,1-2H3. The van der Waals surface area contributed by atoms with Crippen LogP contribution >= 0.6 is 0 Å². The number of nitrogens with two attached hydrogens (primary N) is 1. The highest BCUT2D eigenvalue weighted by molar-refractivity contribution is 5.40. The Morgan fingerprint density at radius 1 is 1.56 bits per heavy atom. The molecule has 0 aliphatic carbocycles. The summed E-state index contributed by atoms with van der Waals surface area (Å²) in [5, 5.41) is 3.57. The van der Waals surface area contributed by atoms with Crippen molar-refractivity contribution >= 4 is 5.69 Å². The Balaban J connectivity index is 1.97. The third-order valence-corrected chi connectivity index (χ3v) is 3.53. The summed E-state index contributed by atoms with van der Waals surface area (Å²) in [6.45, 7) is 6.03. The molecule has 88 valence electrons. The Labute approximate surface area is 97.0 Å². The van der Waals surface area contributed by atoms with Gasteiger partial charge in [0.25, 0.3) is 0 Å². The Morgan fingerprint density at radius 3 is 3.00 bits per heavy atom. The quantitative estimate of drug-likeness (QED) is 0.765. The van der Waals surface area contributed by atoms with Crippen molar-refractivity contribution in [3.05, 3.63) is 29.8 Å². The molecule has 0 spiro atoms. The van der Waals surface area contributed by atoms with Crippen molar-refractivity contribution in [1.82, 2.24) is 5.32 Å². The zero-order chi connectivity index (χ0) is 11.6. The van der Waals surface area contributed by atoms with Gasteiger partial charge in [-0.2, -0.15) is 0 Å². The monoisotopic (exact) mass is 220 g/mol. The van der Waals surface area contributed by atoms with Crippen molar-refractivity contribution < 1.29 is 4.74 Å². The van der Waals surface area contributed by atoms with Gasteiger partial charge in [0, 0.05) is 24.4 Å². The lowest BCUT2D eigenvalue weighted by atomic mass is 9.94. The molecule has 2 atom stereocenters. The molecular weight excluding hydrogens is 200 g/mol. The van der Waals surface area contributed by atoms with E-state index in [0.717, 1.165) is 25.3 Å². The van der Waals surface area contributed by atoms with Crippen LogP contribution in [0.4, 0.5) is 5.69 Å². The lowest BCUT2D eigenvalue weighted by molar-refractivity contribution is 0.0881. The van der Waals surface area contributed by atoms with Gasteiger partial charge >= 0.3 is 0 Å². The predicted octanol–water partition coefficient (Wildman–Crippen LogP) is 1.93. The van der Waals surface area contributed by atoms with E-state index in [2.05, 4.69) is 25.2 Å². The summed E-state index contributed by atoms with van der Waals surface area (Å²) >= 11 is 0. The van der Waals surface area contributed by atoms with Crippen LogP contribution in [0.25, 0.3) is 0 Å². The van der Waals surface area contributed by atoms with Gasteiger partial charge < -0.3 is 15.8 Å². The molecule has 0 saturated carbocycles. The lowest BCUT2D eigenvalue weighted by Crippen LogP contribution is -2.47. The fourth-order valence-electron chi connectivity index (χ4n) is 2.07. The molecule has 1 aliphatic rings. The summed E-state index contributed by atoms with van der Waals surface area (Å²) in [6.07, 6.45) is 1.34. The van der Waals surface area contributed by atoms with Gasteiger partial charge in [-0.15, -0.1) is 0 Å². The van der Waals surface area contributed by atoms with E-state index in [1.807, 2.05) is 18.2 Å². The van der Waals surface area contributed by atoms with E-state index >= 15 is 0 Å². The van der Waals surface area contributed by atoms with E-state index in [1.54, 1.807) is 0 Å². The Hall–Kier alpha value is -1.06. The molecule has 1 heterocycles. The maximum absolute atomic E-state index is 5.75. The van der Waals surface area contributed by atoms with Crippen LogP contribution in [0.5, 0.6) is 0 Å². The second-order valence-corrected chi connectivity index (χ2v) is 4.78. The molecule has 1 saturated heterocycles. The normalized spacial score (nSPS) is 29.5. The molecule has 1 fully saturated rings. The molecule has 1 aromatic rings. The maximum atomic E-state index is 5.75. The van der Waals surface area contributed by atoms with Crippen molar-refractivity contribution in [1.29, 1.82) is 0 Å². The largest absolute Gasteiger partial charge is 0.399 e. The minimum atomic E-state index is 0.0879. The zero-order valence-electron chi connectivity index (χ0n) is 9.99. The minimum Gasteiger partial charge on any atom is -0.399 e. The molecule has 2 rings (SSSR count). The lowest BCUT2D eigenvalue weighted by Gasteiger charge is -2.29. The van der Waals surface area contributed by atoms with E-state index in [4.69, 9.17) is 10.5 Å². The summed E-state index contributed by atoms with van der Waals surface area (Å²) < 4.78 is 5.59. The molecule has 16 heavy (non-hydrogen) atoms. The maximum Gasteiger partial charge on any atom is 0.0726 e. The van der Waals surface area contributed by atoms with Gasteiger partial charge in [-0.3, -0.25) is 0 Å². The van der Waals surface area contributed by atoms with Gasteiger partial charge in [-0.25, -0.2) is 0 Å². The van der Waals surface area contributed by atoms with Crippen LogP contribution in [0.3, 0.4) is 0 Å². The van der Waals surface area contributed by atoms with E-state index in [-0.39, 0.29) is 11.6 Å². The molecule has 2 unspecified atom stereocenters. The second kappa shape index (κ2) is 4.44. The van der Waals surface area contributed by atoms with Crippen LogP contribution in [-0.2, 0) is 11.3 Å². The average Bonchev–Trinajstić information content (AvgIpc) is 2.58. The summed E-state index contributed by atoms with van der Waals surface area (Å²) in [4.78, 5) is 0. The third kappa shape index (κ3) is 2.36. The number of benzene rings is 1. The highest BCUT2D eigenvalue weighted by Gasteiger charge is 2.36. The number of ether oxygens (including phenoxy) is 1. The van der Waals surface area contributed by atoms with Gasteiger partial charge in [-0.05, 0) is 38.0 Å². The highest BCUT2D eigenvalue weighted by Crippen LogP contribution is 2.25. The van der Waals surface area contributed by atoms with E-state index in [1.165, 1.54) is 5.56 Å². The fraction of sp³-hybridized carbons (Fsp3) is 0.538. The van der Waals surface area contributed by atoms with E-state index in [9.17, 15) is 0 Å². The smallest absolute Gasteiger partial charge is 0.0726 e. The summed E-state index contributed by atoms with van der Waals surface area (Å²) in [5.41, 5.74) is 7.88. The van der Waals surface area contributed by atoms with Crippen LogP contribution in [0.2, 0.25) is 0 Å². The average molecular weight is 220 g/mol. The molecule has 3 nitrogen and oxygen atoms in total. The molecule has 0 amide bonds. The van der Waals surface area contributed by atoms with Crippen molar-refractivity contribution in [2.24, 2.45) is 0 Å². The van der Waals surface area contributed by atoms with E-state index in [0.29, 0.717) is 0 Å². The minimum absolute atomic E-state index is 0.0879. The van der Waals surface area contributed by atoms with Crippen LogP contribution in [0.15, 0.2) is 24.3 Å². The Morgan fingerprint density at radius 2 is 2.38 bits per heavy atom. The van der Waals surface area contributed by atoms with Gasteiger partial charge in [0.2, 0.25) is 0 Å². The first kappa shape index (κ1) is 11.4. The van der Waals surface area contributed by atoms with Gasteiger partial charge in [0.05, 0.1) is 6.10 Å².